The van der Waals surface area contributed by atoms with Gasteiger partial charge in [-0.1, -0.05) is 32.9 Å². The molecular formula is C13H20FN. The maximum Gasteiger partial charge on any atom is 0.123 e. The van der Waals surface area contributed by atoms with E-state index in [1.807, 2.05) is 12.1 Å². The minimum absolute atomic E-state index is 0.0620. The number of hydrogen-bond acceptors (Lipinski definition) is 1. The lowest BCUT2D eigenvalue weighted by atomic mass is 9.77. The molecule has 0 radical (unpaired) electrons. The van der Waals surface area contributed by atoms with E-state index < -0.39 is 0 Å². The van der Waals surface area contributed by atoms with Gasteiger partial charge in [0.15, 0.2) is 0 Å². The van der Waals surface area contributed by atoms with Gasteiger partial charge >= 0.3 is 0 Å². The molecular weight excluding hydrogens is 189 g/mol. The summed E-state index contributed by atoms with van der Waals surface area (Å²) in [5, 5.41) is 0. The molecule has 1 unspecified atom stereocenters. The van der Waals surface area contributed by atoms with Gasteiger partial charge in [-0.3, -0.25) is 0 Å². The van der Waals surface area contributed by atoms with Gasteiger partial charge in [0.25, 0.3) is 0 Å². The number of hydrogen-bond donors (Lipinski definition) is 1. The molecule has 0 aromatic heterocycles. The molecule has 0 spiro atoms. The first-order chi connectivity index (χ1) is 6.95. The van der Waals surface area contributed by atoms with Crippen molar-refractivity contribution in [2.75, 3.05) is 6.54 Å². The van der Waals surface area contributed by atoms with Gasteiger partial charge in [0.1, 0.15) is 5.82 Å². The van der Waals surface area contributed by atoms with Crippen molar-refractivity contribution >= 4 is 0 Å². The highest BCUT2D eigenvalue weighted by molar-refractivity contribution is 5.24. The lowest BCUT2D eigenvalue weighted by Crippen LogP contribution is -2.24. The largest absolute Gasteiger partial charge is 0.330 e. The summed E-state index contributed by atoms with van der Waals surface area (Å²) in [6.07, 6.45) is 1.02. The van der Waals surface area contributed by atoms with Crippen LogP contribution in [-0.4, -0.2) is 6.54 Å². The van der Waals surface area contributed by atoms with Gasteiger partial charge < -0.3 is 5.73 Å². The van der Waals surface area contributed by atoms with Crippen LogP contribution in [0.15, 0.2) is 24.3 Å². The molecule has 0 heterocycles. The average Bonchev–Trinajstić information content (AvgIpc) is 2.17. The van der Waals surface area contributed by atoms with E-state index >= 15 is 0 Å². The summed E-state index contributed by atoms with van der Waals surface area (Å²) in [6.45, 7) is 7.19. The van der Waals surface area contributed by atoms with E-state index in [0.29, 0.717) is 12.5 Å². The minimum atomic E-state index is -0.179. The fraction of sp³-hybridized carbons (Fsp3) is 0.538. The van der Waals surface area contributed by atoms with Crippen LogP contribution < -0.4 is 5.73 Å². The Morgan fingerprint density at radius 3 is 2.27 bits per heavy atom. The van der Waals surface area contributed by atoms with Crippen LogP contribution in [0.25, 0.3) is 0 Å². The van der Waals surface area contributed by atoms with Crippen molar-refractivity contribution in [3.8, 4) is 0 Å². The van der Waals surface area contributed by atoms with Gasteiger partial charge in [-0.25, -0.2) is 4.39 Å². The Labute approximate surface area is 91.5 Å². The lowest BCUT2D eigenvalue weighted by molar-refractivity contribution is 0.385. The molecule has 15 heavy (non-hydrogen) atoms. The van der Waals surface area contributed by atoms with Crippen LogP contribution in [0, 0.1) is 11.7 Å². The summed E-state index contributed by atoms with van der Waals surface area (Å²) in [5.74, 6) is 0.312. The van der Waals surface area contributed by atoms with Crippen molar-refractivity contribution in [3.63, 3.8) is 0 Å². The molecule has 84 valence electrons. The SMILES string of the molecule is CC(CN)CC(C)(C)c1ccc(F)cc1. The zero-order valence-corrected chi connectivity index (χ0v) is 9.76. The van der Waals surface area contributed by atoms with Crippen molar-refractivity contribution in [2.45, 2.75) is 32.6 Å². The summed E-state index contributed by atoms with van der Waals surface area (Å²) in [7, 11) is 0. The highest BCUT2D eigenvalue weighted by atomic mass is 19.1. The summed E-state index contributed by atoms with van der Waals surface area (Å²) in [4.78, 5) is 0. The Bertz CT molecular complexity index is 303. The van der Waals surface area contributed by atoms with Gasteiger partial charge in [-0.15, -0.1) is 0 Å². The third-order valence-electron chi connectivity index (χ3n) is 2.89. The number of benzene rings is 1. The Morgan fingerprint density at radius 2 is 1.80 bits per heavy atom. The molecule has 1 nitrogen and oxygen atoms in total. The van der Waals surface area contributed by atoms with Crippen molar-refractivity contribution in [3.05, 3.63) is 35.6 Å². The van der Waals surface area contributed by atoms with E-state index in [9.17, 15) is 4.39 Å². The predicted octanol–water partition coefficient (Wildman–Crippen LogP) is 3.09. The predicted molar refractivity (Wildman–Crippen MR) is 62.3 cm³/mol. The molecule has 0 aliphatic carbocycles. The van der Waals surface area contributed by atoms with Crippen LogP contribution >= 0.6 is 0 Å². The zero-order valence-electron chi connectivity index (χ0n) is 9.76. The smallest absolute Gasteiger partial charge is 0.123 e. The second-order valence-corrected chi connectivity index (χ2v) is 4.94. The monoisotopic (exact) mass is 209 g/mol. The standard InChI is InChI=1S/C13H20FN/c1-10(9-15)8-13(2,3)11-4-6-12(14)7-5-11/h4-7,10H,8-9,15H2,1-3H3. The maximum absolute atomic E-state index is 12.8. The molecule has 0 saturated carbocycles. The second kappa shape index (κ2) is 4.75. The van der Waals surface area contributed by atoms with E-state index in [1.165, 1.54) is 17.7 Å². The van der Waals surface area contributed by atoms with Crippen LogP contribution in [0.1, 0.15) is 32.8 Å². The molecule has 0 bridgehead atoms. The van der Waals surface area contributed by atoms with Crippen LogP contribution in [0.2, 0.25) is 0 Å². The highest BCUT2D eigenvalue weighted by Crippen LogP contribution is 2.30. The van der Waals surface area contributed by atoms with E-state index in [0.717, 1.165) is 6.42 Å². The topological polar surface area (TPSA) is 26.0 Å². The van der Waals surface area contributed by atoms with Gasteiger partial charge in [-0.05, 0) is 42.0 Å². The molecule has 0 fully saturated rings. The summed E-state index contributed by atoms with van der Waals surface area (Å²) in [5.41, 5.74) is 6.85. The Kier molecular flexibility index (Phi) is 3.86. The first-order valence-corrected chi connectivity index (χ1v) is 5.42. The molecule has 1 aromatic carbocycles. The molecule has 0 aliphatic heterocycles. The molecule has 1 atom stereocenters. The van der Waals surface area contributed by atoms with Crippen LogP contribution in [0.5, 0.6) is 0 Å². The lowest BCUT2D eigenvalue weighted by Gasteiger charge is -2.28. The van der Waals surface area contributed by atoms with E-state index in [2.05, 4.69) is 20.8 Å². The number of nitrogens with two attached hydrogens (primary N) is 1. The first-order valence-electron chi connectivity index (χ1n) is 5.42. The first kappa shape index (κ1) is 12.2. The Hall–Kier alpha value is -0.890. The van der Waals surface area contributed by atoms with Gasteiger partial charge in [-0.2, -0.15) is 0 Å². The Morgan fingerprint density at radius 1 is 1.27 bits per heavy atom. The molecule has 0 saturated heterocycles. The van der Waals surface area contributed by atoms with Crippen LogP contribution in [0.3, 0.4) is 0 Å². The van der Waals surface area contributed by atoms with Gasteiger partial charge in [0.2, 0.25) is 0 Å². The summed E-state index contributed by atoms with van der Waals surface area (Å²) >= 11 is 0. The van der Waals surface area contributed by atoms with Crippen molar-refractivity contribution in [2.24, 2.45) is 11.7 Å². The summed E-state index contributed by atoms with van der Waals surface area (Å²) in [6, 6.07) is 6.76. The zero-order chi connectivity index (χ0) is 11.5. The molecule has 0 aliphatic rings. The third-order valence-corrected chi connectivity index (χ3v) is 2.89. The van der Waals surface area contributed by atoms with E-state index in [4.69, 9.17) is 5.73 Å². The molecule has 1 rings (SSSR count). The van der Waals surface area contributed by atoms with Crippen molar-refractivity contribution in [1.82, 2.24) is 0 Å². The van der Waals surface area contributed by atoms with Gasteiger partial charge in [0.05, 0.1) is 0 Å². The molecule has 2 N–H and O–H groups in total. The fourth-order valence-electron chi connectivity index (χ4n) is 1.97. The van der Waals surface area contributed by atoms with Crippen molar-refractivity contribution in [1.29, 1.82) is 0 Å². The second-order valence-electron chi connectivity index (χ2n) is 4.94. The minimum Gasteiger partial charge on any atom is -0.330 e. The van der Waals surface area contributed by atoms with E-state index in [1.54, 1.807) is 0 Å². The number of halogens is 1. The maximum atomic E-state index is 12.8. The van der Waals surface area contributed by atoms with Crippen LogP contribution in [0.4, 0.5) is 4.39 Å². The third kappa shape index (κ3) is 3.31. The quantitative estimate of drug-likeness (QED) is 0.810. The van der Waals surface area contributed by atoms with Gasteiger partial charge in [0, 0.05) is 0 Å². The average molecular weight is 209 g/mol. The normalized spacial score (nSPS) is 13.9. The van der Waals surface area contributed by atoms with Crippen molar-refractivity contribution < 1.29 is 4.39 Å². The molecule has 1 aromatic rings. The fourth-order valence-corrected chi connectivity index (χ4v) is 1.97. The molecule has 0 amide bonds. The Balaban J connectivity index is 2.80. The van der Waals surface area contributed by atoms with Crippen LogP contribution in [-0.2, 0) is 5.41 Å². The summed E-state index contributed by atoms with van der Waals surface area (Å²) < 4.78 is 12.8. The highest BCUT2D eigenvalue weighted by Gasteiger charge is 2.22. The number of rotatable bonds is 4. The van der Waals surface area contributed by atoms with E-state index in [-0.39, 0.29) is 11.2 Å². The molecule has 2 heteroatoms.